The third-order valence-electron chi connectivity index (χ3n) is 3.41. The Kier molecular flexibility index (Phi) is 4.65. The van der Waals surface area contributed by atoms with Crippen LogP contribution in [0.15, 0.2) is 34.9 Å². The van der Waals surface area contributed by atoms with Crippen LogP contribution < -0.4 is 4.90 Å². The number of aryl methyl sites for hydroxylation is 2. The van der Waals surface area contributed by atoms with Gasteiger partial charge in [0.05, 0.1) is 11.4 Å². The molecule has 0 saturated heterocycles. The Balaban J connectivity index is 2.10. The number of rotatable bonds is 5. The summed E-state index contributed by atoms with van der Waals surface area (Å²) in [6.45, 7) is 3.34. The van der Waals surface area contributed by atoms with Crippen molar-refractivity contribution < 1.29 is 17.7 Å². The van der Waals surface area contributed by atoms with Gasteiger partial charge in [-0.25, -0.2) is 8.42 Å². The fourth-order valence-electron chi connectivity index (χ4n) is 2.06. The predicted molar refractivity (Wildman–Crippen MR) is 83.3 cm³/mol. The number of hydrogen-bond donors (Lipinski definition) is 0. The molecule has 1 aromatic heterocycles. The highest BCUT2D eigenvalue weighted by Crippen LogP contribution is 2.17. The van der Waals surface area contributed by atoms with Gasteiger partial charge in [0.15, 0.2) is 9.84 Å². The number of aromatic nitrogens is 1. The molecule has 7 heteroatoms. The second kappa shape index (κ2) is 6.31. The van der Waals surface area contributed by atoms with Crippen molar-refractivity contribution in [2.75, 3.05) is 17.7 Å². The summed E-state index contributed by atoms with van der Waals surface area (Å²) in [6, 6.07) is 8.91. The second-order valence-corrected chi connectivity index (χ2v) is 7.19. The van der Waals surface area contributed by atoms with Gasteiger partial charge < -0.3 is 9.42 Å². The first-order valence-electron chi connectivity index (χ1n) is 6.74. The molecular weight excluding hydrogens is 304 g/mol. The molecule has 0 aliphatic heterocycles. The first-order chi connectivity index (χ1) is 10.3. The molecule has 2 aromatic rings. The topological polar surface area (TPSA) is 80.5 Å². The van der Waals surface area contributed by atoms with Crippen LogP contribution in [0.5, 0.6) is 0 Å². The molecule has 1 aromatic carbocycles. The molecule has 0 fully saturated rings. The van der Waals surface area contributed by atoms with E-state index in [9.17, 15) is 13.2 Å². The summed E-state index contributed by atoms with van der Waals surface area (Å²) in [5.41, 5.74) is 1.71. The normalized spacial score (nSPS) is 11.4. The van der Waals surface area contributed by atoms with Crippen LogP contribution >= 0.6 is 0 Å². The van der Waals surface area contributed by atoms with Crippen molar-refractivity contribution >= 4 is 21.4 Å². The lowest BCUT2D eigenvalue weighted by Crippen LogP contribution is -2.32. The van der Waals surface area contributed by atoms with Crippen molar-refractivity contribution in [3.8, 4) is 0 Å². The fourth-order valence-corrected chi connectivity index (χ4v) is 3.58. The maximum absolute atomic E-state index is 12.2. The molecule has 6 nitrogen and oxygen atoms in total. The number of amides is 1. The van der Waals surface area contributed by atoms with E-state index in [1.165, 1.54) is 4.90 Å². The Bertz CT molecular complexity index is 747. The molecule has 1 amide bonds. The Morgan fingerprint density at radius 3 is 2.41 bits per heavy atom. The van der Waals surface area contributed by atoms with E-state index < -0.39 is 21.5 Å². The van der Waals surface area contributed by atoms with Gasteiger partial charge in [-0.05, 0) is 26.0 Å². The van der Waals surface area contributed by atoms with Gasteiger partial charge in [-0.1, -0.05) is 23.4 Å². The molecule has 0 spiro atoms. The van der Waals surface area contributed by atoms with Crippen LogP contribution in [-0.2, 0) is 20.4 Å². The second-order valence-electron chi connectivity index (χ2n) is 5.12. The van der Waals surface area contributed by atoms with Gasteiger partial charge in [0, 0.05) is 18.3 Å². The summed E-state index contributed by atoms with van der Waals surface area (Å²) in [5.74, 6) is -0.812. The van der Waals surface area contributed by atoms with Gasteiger partial charge >= 0.3 is 0 Å². The lowest BCUT2D eigenvalue weighted by Gasteiger charge is -2.17. The first-order valence-corrected chi connectivity index (χ1v) is 8.56. The summed E-state index contributed by atoms with van der Waals surface area (Å²) < 4.78 is 29.4. The van der Waals surface area contributed by atoms with Gasteiger partial charge in [0.25, 0.3) is 0 Å². The van der Waals surface area contributed by atoms with Gasteiger partial charge in [-0.15, -0.1) is 0 Å². The van der Waals surface area contributed by atoms with E-state index in [1.807, 2.05) is 6.07 Å². The van der Waals surface area contributed by atoms with Gasteiger partial charge in [0.1, 0.15) is 11.5 Å². The molecule has 2 rings (SSSR count). The fraction of sp³-hybridized carbons (Fsp3) is 0.333. The molecule has 0 aliphatic carbocycles. The van der Waals surface area contributed by atoms with E-state index in [4.69, 9.17) is 4.52 Å². The highest BCUT2D eigenvalue weighted by Gasteiger charge is 2.24. The van der Waals surface area contributed by atoms with E-state index >= 15 is 0 Å². The van der Waals surface area contributed by atoms with Gasteiger partial charge in [-0.2, -0.15) is 0 Å². The highest BCUT2D eigenvalue weighted by atomic mass is 32.2. The lowest BCUT2D eigenvalue weighted by molar-refractivity contribution is -0.115. The van der Waals surface area contributed by atoms with Crippen molar-refractivity contribution in [3.63, 3.8) is 0 Å². The number of para-hydroxylation sites is 1. The van der Waals surface area contributed by atoms with Crippen LogP contribution in [0, 0.1) is 13.8 Å². The monoisotopic (exact) mass is 322 g/mol. The van der Waals surface area contributed by atoms with Crippen molar-refractivity contribution in [2.24, 2.45) is 0 Å². The molecule has 0 N–H and O–H groups in total. The van der Waals surface area contributed by atoms with E-state index in [1.54, 1.807) is 45.2 Å². The van der Waals surface area contributed by atoms with Crippen molar-refractivity contribution in [3.05, 3.63) is 47.3 Å². The summed E-state index contributed by atoms with van der Waals surface area (Å²) in [5, 5.41) is 3.73. The Morgan fingerprint density at radius 1 is 1.23 bits per heavy atom. The smallest absolute Gasteiger partial charge is 0.241 e. The first kappa shape index (κ1) is 16.2. The minimum atomic E-state index is -3.59. The van der Waals surface area contributed by atoms with Crippen LogP contribution in [-0.4, -0.2) is 32.3 Å². The predicted octanol–water partition coefficient (Wildman–Crippen LogP) is 1.87. The molecule has 0 bridgehead atoms. The minimum Gasteiger partial charge on any atom is -0.361 e. The zero-order valence-corrected chi connectivity index (χ0v) is 13.6. The number of carbonyl (C=O) groups is 1. The maximum atomic E-state index is 12.2. The molecule has 0 saturated carbocycles. The summed E-state index contributed by atoms with van der Waals surface area (Å²) in [7, 11) is -2.03. The number of sulfone groups is 1. The molecule has 0 aliphatic rings. The molecule has 1 heterocycles. The average molecular weight is 322 g/mol. The van der Waals surface area contributed by atoms with Crippen molar-refractivity contribution in [1.29, 1.82) is 0 Å². The van der Waals surface area contributed by atoms with Crippen LogP contribution in [0.3, 0.4) is 0 Å². The summed E-state index contributed by atoms with van der Waals surface area (Å²) >= 11 is 0. The Labute approximate surface area is 129 Å². The molecule has 0 radical (unpaired) electrons. The van der Waals surface area contributed by atoms with Crippen molar-refractivity contribution in [1.82, 2.24) is 5.16 Å². The van der Waals surface area contributed by atoms with Crippen LogP contribution in [0.1, 0.15) is 17.0 Å². The number of carbonyl (C=O) groups excluding carboxylic acids is 1. The van der Waals surface area contributed by atoms with E-state index in [-0.39, 0.29) is 5.75 Å². The SMILES string of the molecule is Cc1noc(C)c1CS(=O)(=O)CC(=O)N(C)c1ccccc1. The summed E-state index contributed by atoms with van der Waals surface area (Å²) in [6.07, 6.45) is 0. The zero-order valence-electron chi connectivity index (χ0n) is 12.7. The van der Waals surface area contributed by atoms with Crippen LogP contribution in [0.25, 0.3) is 0 Å². The van der Waals surface area contributed by atoms with E-state index in [0.717, 1.165) is 0 Å². The van der Waals surface area contributed by atoms with E-state index in [2.05, 4.69) is 5.16 Å². The molecular formula is C15H18N2O4S. The number of anilines is 1. The standard InChI is InChI=1S/C15H18N2O4S/c1-11-14(12(2)21-16-11)9-22(19,20)10-15(18)17(3)13-7-5-4-6-8-13/h4-8H,9-10H2,1-3H3. The lowest BCUT2D eigenvalue weighted by atomic mass is 10.2. The minimum absolute atomic E-state index is 0.247. The Morgan fingerprint density at radius 2 is 1.86 bits per heavy atom. The third kappa shape index (κ3) is 3.73. The largest absolute Gasteiger partial charge is 0.361 e. The highest BCUT2D eigenvalue weighted by molar-refractivity contribution is 7.91. The molecule has 0 unspecified atom stereocenters. The Hall–Kier alpha value is -2.15. The average Bonchev–Trinajstić information content (AvgIpc) is 2.78. The number of benzene rings is 1. The number of nitrogens with zero attached hydrogens (tertiary/aromatic N) is 2. The maximum Gasteiger partial charge on any atom is 0.241 e. The van der Waals surface area contributed by atoms with Crippen LogP contribution in [0.2, 0.25) is 0 Å². The molecule has 0 atom stereocenters. The van der Waals surface area contributed by atoms with Crippen LogP contribution in [0.4, 0.5) is 5.69 Å². The van der Waals surface area contributed by atoms with E-state index in [0.29, 0.717) is 22.7 Å². The van der Waals surface area contributed by atoms with Gasteiger partial charge in [-0.3, -0.25) is 4.79 Å². The molecule has 22 heavy (non-hydrogen) atoms. The quantitative estimate of drug-likeness (QED) is 0.839. The zero-order chi connectivity index (χ0) is 16.3. The van der Waals surface area contributed by atoms with Gasteiger partial charge in [0.2, 0.25) is 5.91 Å². The molecule has 118 valence electrons. The summed E-state index contributed by atoms with van der Waals surface area (Å²) in [4.78, 5) is 13.5. The number of hydrogen-bond acceptors (Lipinski definition) is 5. The van der Waals surface area contributed by atoms with Crippen molar-refractivity contribution in [2.45, 2.75) is 19.6 Å². The third-order valence-corrected chi connectivity index (χ3v) is 4.82.